The zero-order valence-corrected chi connectivity index (χ0v) is 18.2. The molecule has 8 nitrogen and oxygen atoms in total. The predicted octanol–water partition coefficient (Wildman–Crippen LogP) is 2.66. The number of amidine groups is 1. The SMILES string of the molecule is COc1ccc(NC(=O)CN2CCC3(CC2)Nc2cc(Cl)ccc2C2=NCCN23)cn1. The Balaban J connectivity index is 1.23. The summed E-state index contributed by atoms with van der Waals surface area (Å²) in [6, 6.07) is 9.46. The lowest BCUT2D eigenvalue weighted by Gasteiger charge is -2.52. The Labute approximate surface area is 186 Å². The molecule has 1 aromatic carbocycles. The van der Waals surface area contributed by atoms with Crippen LogP contribution in [0.4, 0.5) is 11.4 Å². The lowest BCUT2D eigenvalue weighted by Crippen LogP contribution is -2.63. The maximum atomic E-state index is 12.5. The molecule has 5 rings (SSSR count). The van der Waals surface area contributed by atoms with Crippen molar-refractivity contribution in [1.82, 2.24) is 14.8 Å². The number of halogens is 1. The van der Waals surface area contributed by atoms with Crippen molar-refractivity contribution in [3.8, 4) is 5.88 Å². The predicted molar refractivity (Wildman–Crippen MR) is 121 cm³/mol. The van der Waals surface area contributed by atoms with E-state index in [0.29, 0.717) is 18.1 Å². The van der Waals surface area contributed by atoms with Crippen molar-refractivity contribution >= 4 is 34.7 Å². The van der Waals surface area contributed by atoms with Gasteiger partial charge in [-0.25, -0.2) is 4.98 Å². The summed E-state index contributed by atoms with van der Waals surface area (Å²) in [6.07, 6.45) is 3.40. The number of carbonyl (C=O) groups excluding carboxylic acids is 1. The van der Waals surface area contributed by atoms with Gasteiger partial charge in [-0.1, -0.05) is 11.6 Å². The first-order chi connectivity index (χ1) is 15.1. The van der Waals surface area contributed by atoms with Crippen molar-refractivity contribution in [1.29, 1.82) is 0 Å². The van der Waals surface area contributed by atoms with Gasteiger partial charge in [-0.3, -0.25) is 14.7 Å². The number of benzene rings is 1. The van der Waals surface area contributed by atoms with E-state index in [0.717, 1.165) is 61.1 Å². The number of fused-ring (bicyclic) bond motifs is 4. The number of hydrogen-bond acceptors (Lipinski definition) is 7. The molecule has 31 heavy (non-hydrogen) atoms. The average molecular weight is 441 g/mol. The maximum Gasteiger partial charge on any atom is 0.238 e. The first-order valence-electron chi connectivity index (χ1n) is 10.5. The number of methoxy groups -OCH3 is 1. The number of pyridine rings is 1. The van der Waals surface area contributed by atoms with E-state index < -0.39 is 0 Å². The topological polar surface area (TPSA) is 82.1 Å². The Morgan fingerprint density at radius 1 is 1.26 bits per heavy atom. The highest BCUT2D eigenvalue weighted by atomic mass is 35.5. The molecule has 0 bridgehead atoms. The Morgan fingerprint density at radius 2 is 2.10 bits per heavy atom. The normalized spacial score (nSPS) is 19.3. The fourth-order valence-corrected chi connectivity index (χ4v) is 4.85. The van der Waals surface area contributed by atoms with Crippen LogP contribution < -0.4 is 15.4 Å². The third-order valence-corrected chi connectivity index (χ3v) is 6.46. The van der Waals surface area contributed by atoms with Crippen LogP contribution in [0.3, 0.4) is 0 Å². The summed E-state index contributed by atoms with van der Waals surface area (Å²) >= 11 is 6.25. The van der Waals surface area contributed by atoms with Crippen LogP contribution in [-0.4, -0.2) is 72.0 Å². The van der Waals surface area contributed by atoms with Crippen LogP contribution in [0.2, 0.25) is 5.02 Å². The van der Waals surface area contributed by atoms with Gasteiger partial charge in [0, 0.05) is 54.8 Å². The summed E-state index contributed by atoms with van der Waals surface area (Å²) < 4.78 is 5.05. The molecule has 2 N–H and O–H groups in total. The molecule has 0 saturated carbocycles. The molecule has 3 aliphatic rings. The van der Waals surface area contributed by atoms with Crippen LogP contribution in [0.25, 0.3) is 0 Å². The van der Waals surface area contributed by atoms with E-state index in [1.54, 1.807) is 25.4 Å². The number of nitrogens with zero attached hydrogens (tertiary/aromatic N) is 4. The van der Waals surface area contributed by atoms with Crippen molar-refractivity contribution in [2.24, 2.45) is 4.99 Å². The fraction of sp³-hybridized carbons (Fsp3) is 0.409. The first-order valence-corrected chi connectivity index (χ1v) is 10.9. The van der Waals surface area contributed by atoms with Crippen LogP contribution in [0, 0.1) is 0 Å². The number of likely N-dealkylation sites (tertiary alicyclic amines) is 1. The van der Waals surface area contributed by atoms with E-state index in [1.165, 1.54) is 0 Å². The molecule has 1 spiro atoms. The van der Waals surface area contributed by atoms with Gasteiger partial charge < -0.3 is 20.3 Å². The van der Waals surface area contributed by atoms with Crippen LogP contribution in [0.15, 0.2) is 41.5 Å². The van der Waals surface area contributed by atoms with Gasteiger partial charge in [0.05, 0.1) is 32.1 Å². The average Bonchev–Trinajstić information content (AvgIpc) is 3.27. The second-order valence-electron chi connectivity index (χ2n) is 8.12. The van der Waals surface area contributed by atoms with E-state index in [-0.39, 0.29) is 11.6 Å². The van der Waals surface area contributed by atoms with Crippen molar-refractivity contribution in [2.75, 3.05) is 50.5 Å². The van der Waals surface area contributed by atoms with Crippen LogP contribution in [0.5, 0.6) is 5.88 Å². The largest absolute Gasteiger partial charge is 0.481 e. The molecular formula is C22H25ClN6O2. The molecule has 0 radical (unpaired) electrons. The van der Waals surface area contributed by atoms with Crippen molar-refractivity contribution in [2.45, 2.75) is 18.5 Å². The monoisotopic (exact) mass is 440 g/mol. The number of aliphatic imine (C=N–C) groups is 1. The highest BCUT2D eigenvalue weighted by Crippen LogP contribution is 2.40. The molecule has 1 amide bonds. The fourth-order valence-electron chi connectivity index (χ4n) is 4.68. The number of hydrogen-bond donors (Lipinski definition) is 2. The van der Waals surface area contributed by atoms with Gasteiger partial charge in [-0.05, 0) is 24.3 Å². The molecule has 1 saturated heterocycles. The molecule has 1 fully saturated rings. The summed E-state index contributed by atoms with van der Waals surface area (Å²) in [5.41, 5.74) is 2.64. The molecule has 0 unspecified atom stereocenters. The van der Waals surface area contributed by atoms with Crippen LogP contribution in [0.1, 0.15) is 18.4 Å². The quantitative estimate of drug-likeness (QED) is 0.760. The molecule has 0 atom stereocenters. The highest BCUT2D eigenvalue weighted by molar-refractivity contribution is 6.31. The standard InChI is InChI=1S/C22H25ClN6O2/c1-31-20-5-3-16(13-25-20)26-19(30)14-28-9-6-22(7-10-28)27-18-12-15(23)2-4-17(18)21-24-8-11-29(21)22/h2-5,12-13,27H,6-11,14H2,1H3,(H,26,30). The third kappa shape index (κ3) is 3.81. The van der Waals surface area contributed by atoms with Gasteiger partial charge >= 0.3 is 0 Å². The molecular weight excluding hydrogens is 416 g/mol. The van der Waals surface area contributed by atoms with Gasteiger partial charge in [-0.2, -0.15) is 0 Å². The summed E-state index contributed by atoms with van der Waals surface area (Å²) in [5.74, 6) is 1.54. The lowest BCUT2D eigenvalue weighted by atomic mass is 9.90. The molecule has 1 aromatic heterocycles. The second kappa shape index (κ2) is 8.01. The summed E-state index contributed by atoms with van der Waals surface area (Å²) in [6.45, 7) is 3.71. The Bertz CT molecular complexity index is 1020. The van der Waals surface area contributed by atoms with E-state index in [4.69, 9.17) is 21.3 Å². The number of rotatable bonds is 4. The zero-order valence-electron chi connectivity index (χ0n) is 17.4. The van der Waals surface area contributed by atoms with E-state index in [2.05, 4.69) is 25.4 Å². The van der Waals surface area contributed by atoms with Gasteiger partial charge in [0.2, 0.25) is 11.8 Å². The minimum atomic E-state index is -0.181. The first kappa shape index (κ1) is 20.1. The van der Waals surface area contributed by atoms with Crippen molar-refractivity contribution < 1.29 is 9.53 Å². The number of nitrogens with one attached hydrogen (secondary N) is 2. The number of piperidine rings is 1. The summed E-state index contributed by atoms with van der Waals surface area (Å²) in [7, 11) is 1.56. The second-order valence-corrected chi connectivity index (χ2v) is 8.55. The number of aromatic nitrogens is 1. The molecule has 9 heteroatoms. The Kier molecular flexibility index (Phi) is 5.19. The highest BCUT2D eigenvalue weighted by Gasteiger charge is 2.46. The molecule has 2 aromatic rings. The number of anilines is 2. The summed E-state index contributed by atoms with van der Waals surface area (Å²) in [4.78, 5) is 26.0. The van der Waals surface area contributed by atoms with Crippen molar-refractivity contribution in [3.63, 3.8) is 0 Å². The molecule has 3 aliphatic heterocycles. The minimum absolute atomic E-state index is 0.0416. The Hall–Kier alpha value is -2.84. The van der Waals surface area contributed by atoms with Crippen LogP contribution >= 0.6 is 11.6 Å². The van der Waals surface area contributed by atoms with E-state index in [1.807, 2.05) is 18.2 Å². The molecule has 4 heterocycles. The van der Waals surface area contributed by atoms with E-state index in [9.17, 15) is 4.79 Å². The maximum absolute atomic E-state index is 12.5. The van der Waals surface area contributed by atoms with Crippen molar-refractivity contribution in [3.05, 3.63) is 47.1 Å². The number of amides is 1. The van der Waals surface area contributed by atoms with Crippen LogP contribution in [-0.2, 0) is 4.79 Å². The molecule has 162 valence electrons. The zero-order chi connectivity index (χ0) is 21.4. The van der Waals surface area contributed by atoms with Gasteiger partial charge in [0.15, 0.2) is 0 Å². The number of ether oxygens (including phenoxy) is 1. The minimum Gasteiger partial charge on any atom is -0.481 e. The van der Waals surface area contributed by atoms with Gasteiger partial charge in [0.25, 0.3) is 0 Å². The Morgan fingerprint density at radius 3 is 2.84 bits per heavy atom. The third-order valence-electron chi connectivity index (χ3n) is 6.23. The van der Waals surface area contributed by atoms with E-state index >= 15 is 0 Å². The number of carbonyl (C=O) groups is 1. The lowest BCUT2D eigenvalue weighted by molar-refractivity contribution is -0.117. The smallest absolute Gasteiger partial charge is 0.238 e. The van der Waals surface area contributed by atoms with Gasteiger partial charge in [0.1, 0.15) is 11.5 Å². The summed E-state index contributed by atoms with van der Waals surface area (Å²) in [5, 5.41) is 7.39. The van der Waals surface area contributed by atoms with Gasteiger partial charge in [-0.15, -0.1) is 0 Å². The molecule has 0 aliphatic carbocycles.